The van der Waals surface area contributed by atoms with Gasteiger partial charge in [-0.1, -0.05) is 30.3 Å². The number of aromatic nitrogens is 2. The molecule has 0 spiro atoms. The quantitative estimate of drug-likeness (QED) is 0.159. The van der Waals surface area contributed by atoms with Crippen LogP contribution in [0.5, 0.6) is 11.8 Å². The molecule has 4 aliphatic rings. The van der Waals surface area contributed by atoms with Crippen LogP contribution in [-0.2, 0) is 28.9 Å². The van der Waals surface area contributed by atoms with E-state index in [0.717, 1.165) is 96.1 Å². The van der Waals surface area contributed by atoms with E-state index in [1.54, 1.807) is 7.11 Å². The Hall–Kier alpha value is -5.28. The molecular formula is C44H45N5O6. The first-order valence-electron chi connectivity index (χ1n) is 19.3. The molecule has 282 valence electrons. The lowest BCUT2D eigenvalue weighted by Gasteiger charge is -2.24. The largest absolute Gasteiger partial charge is 0.481 e. The molecule has 0 bridgehead atoms. The van der Waals surface area contributed by atoms with Crippen molar-refractivity contribution in [2.45, 2.75) is 70.2 Å². The van der Waals surface area contributed by atoms with Crippen LogP contribution in [0, 0.1) is 24.2 Å². The van der Waals surface area contributed by atoms with Gasteiger partial charge < -0.3 is 23.7 Å². The fourth-order valence-corrected chi connectivity index (χ4v) is 9.48. The molecule has 3 aromatic carbocycles. The second-order valence-electron chi connectivity index (χ2n) is 15.3. The van der Waals surface area contributed by atoms with E-state index >= 15 is 0 Å². The van der Waals surface area contributed by atoms with Crippen molar-refractivity contribution < 1.29 is 28.5 Å². The fraction of sp³-hybridized carbons (Fsp3) is 0.409. The van der Waals surface area contributed by atoms with E-state index in [4.69, 9.17) is 28.6 Å². The van der Waals surface area contributed by atoms with Crippen LogP contribution < -0.4 is 9.47 Å². The molecule has 2 saturated heterocycles. The van der Waals surface area contributed by atoms with Gasteiger partial charge in [0.2, 0.25) is 17.7 Å². The average Bonchev–Trinajstić information content (AvgIpc) is 4.05. The summed E-state index contributed by atoms with van der Waals surface area (Å²) in [6, 6.07) is 21.2. The third-order valence-corrected chi connectivity index (χ3v) is 12.2. The number of carbonyl (C=O) groups excluding carboxylic acids is 1. The number of ether oxygens (including phenoxy) is 3. The minimum Gasteiger partial charge on any atom is -0.481 e. The number of nitrogens with zero attached hydrogens (tertiary/aromatic N) is 5. The van der Waals surface area contributed by atoms with Crippen LogP contribution in [0.2, 0.25) is 0 Å². The molecule has 9 rings (SSSR count). The van der Waals surface area contributed by atoms with Crippen LogP contribution in [0.3, 0.4) is 0 Å². The third-order valence-electron chi connectivity index (χ3n) is 12.2. The Labute approximate surface area is 320 Å². The summed E-state index contributed by atoms with van der Waals surface area (Å²) in [4.78, 5) is 26.6. The van der Waals surface area contributed by atoms with E-state index in [-0.39, 0.29) is 30.1 Å². The molecule has 2 fully saturated rings. The maximum absolute atomic E-state index is 12.3. The summed E-state index contributed by atoms with van der Waals surface area (Å²) in [5, 5.41) is 20.3. The Bertz CT molecular complexity index is 2350. The average molecular weight is 740 g/mol. The lowest BCUT2D eigenvalue weighted by Crippen LogP contribution is -2.27. The number of carbonyl (C=O) groups is 1. The number of benzene rings is 3. The van der Waals surface area contributed by atoms with Crippen molar-refractivity contribution in [3.63, 3.8) is 0 Å². The Morgan fingerprint density at radius 1 is 0.945 bits per heavy atom. The van der Waals surface area contributed by atoms with Gasteiger partial charge in [0, 0.05) is 49.4 Å². The van der Waals surface area contributed by atoms with Gasteiger partial charge in [-0.25, -0.2) is 4.98 Å². The van der Waals surface area contributed by atoms with Crippen molar-refractivity contribution in [2.75, 3.05) is 40.4 Å². The summed E-state index contributed by atoms with van der Waals surface area (Å²) < 4.78 is 23.7. The number of aliphatic hydroxyl groups is 1. The van der Waals surface area contributed by atoms with Crippen molar-refractivity contribution in [3.05, 3.63) is 93.5 Å². The number of aliphatic hydroxyl groups excluding tert-OH is 1. The van der Waals surface area contributed by atoms with E-state index in [1.165, 1.54) is 12.7 Å². The second kappa shape index (κ2) is 14.4. The lowest BCUT2D eigenvalue weighted by molar-refractivity contribution is -0.145. The summed E-state index contributed by atoms with van der Waals surface area (Å²) in [6.45, 7) is 5.77. The number of hydrogen-bond acceptors (Lipinski definition) is 11. The summed E-state index contributed by atoms with van der Waals surface area (Å²) in [5.74, 6) is 1.30. The zero-order valence-electron chi connectivity index (χ0n) is 31.5. The van der Waals surface area contributed by atoms with Crippen LogP contribution in [0.15, 0.2) is 59.0 Å². The molecule has 2 aromatic heterocycles. The normalized spacial score (nSPS) is 22.2. The van der Waals surface area contributed by atoms with Crippen molar-refractivity contribution in [1.29, 1.82) is 5.26 Å². The number of methoxy groups -OCH3 is 2. The number of nitriles is 1. The highest BCUT2D eigenvalue weighted by Gasteiger charge is 2.38. The second-order valence-corrected chi connectivity index (χ2v) is 15.3. The SMILES string of the molecule is COC(=O)[C@@H]1CCN(C2CCc3c2cc2nc(-c4cccc(-c5cccc6c5CC[C@@H]6Oc5ccc(CN6CC[C@@H](O)C6)c(OC)n5)c4C)oc2c3C#N)C1. The van der Waals surface area contributed by atoms with Gasteiger partial charge in [-0.2, -0.15) is 10.2 Å². The highest BCUT2D eigenvalue weighted by Crippen LogP contribution is 2.45. The number of esters is 1. The zero-order chi connectivity index (χ0) is 37.8. The highest BCUT2D eigenvalue weighted by molar-refractivity contribution is 5.86. The summed E-state index contributed by atoms with van der Waals surface area (Å²) in [7, 11) is 3.08. The van der Waals surface area contributed by atoms with Gasteiger partial charge in [0.1, 0.15) is 23.3 Å². The van der Waals surface area contributed by atoms with E-state index in [9.17, 15) is 15.2 Å². The van der Waals surface area contributed by atoms with Crippen molar-refractivity contribution in [3.8, 4) is 40.4 Å². The van der Waals surface area contributed by atoms with Crippen molar-refractivity contribution in [2.24, 2.45) is 5.92 Å². The fourth-order valence-electron chi connectivity index (χ4n) is 9.48. The van der Waals surface area contributed by atoms with Gasteiger partial charge in [0.25, 0.3) is 0 Å². The minimum absolute atomic E-state index is 0.118. The monoisotopic (exact) mass is 739 g/mol. The topological polar surface area (TPSA) is 134 Å². The molecule has 11 nitrogen and oxygen atoms in total. The van der Waals surface area contributed by atoms with Gasteiger partial charge in [0.15, 0.2) is 5.58 Å². The van der Waals surface area contributed by atoms with Crippen LogP contribution in [0.4, 0.5) is 0 Å². The van der Waals surface area contributed by atoms with E-state index < -0.39 is 0 Å². The van der Waals surface area contributed by atoms with Crippen LogP contribution in [0.1, 0.15) is 76.8 Å². The number of pyridine rings is 1. The molecule has 55 heavy (non-hydrogen) atoms. The molecule has 0 saturated carbocycles. The number of likely N-dealkylation sites (tertiary alicyclic amines) is 2. The molecule has 0 radical (unpaired) electrons. The number of rotatable bonds is 9. The molecule has 5 aromatic rings. The van der Waals surface area contributed by atoms with Crippen molar-refractivity contribution in [1.82, 2.24) is 19.8 Å². The first-order chi connectivity index (χ1) is 26.8. The molecule has 2 aliphatic heterocycles. The number of hydrogen-bond donors (Lipinski definition) is 1. The molecule has 0 amide bonds. The Morgan fingerprint density at radius 2 is 1.76 bits per heavy atom. The highest BCUT2D eigenvalue weighted by atomic mass is 16.5. The summed E-state index contributed by atoms with van der Waals surface area (Å²) >= 11 is 0. The molecule has 4 heterocycles. The Balaban J connectivity index is 0.984. The lowest BCUT2D eigenvalue weighted by atomic mass is 9.91. The summed E-state index contributed by atoms with van der Waals surface area (Å²) in [6.07, 6.45) is 4.52. The van der Waals surface area contributed by atoms with Gasteiger partial charge >= 0.3 is 5.97 Å². The smallest absolute Gasteiger partial charge is 0.310 e. The summed E-state index contributed by atoms with van der Waals surface area (Å²) in [5.41, 5.74) is 11.5. The minimum atomic E-state index is -0.277. The number of β-amino-alcohol motifs (C(OH)–C–C–N with tert-alkyl or cyclic N) is 1. The van der Waals surface area contributed by atoms with Gasteiger partial charge in [-0.15, -0.1) is 0 Å². The van der Waals surface area contributed by atoms with E-state index in [0.29, 0.717) is 53.9 Å². The van der Waals surface area contributed by atoms with Crippen LogP contribution >= 0.6 is 0 Å². The van der Waals surface area contributed by atoms with Gasteiger partial charge in [-0.05, 0) is 109 Å². The standard InChI is InChI=1S/C44H45N5O6/c1-25-29(31-8-5-9-34-32(31)12-14-39(34)54-40-15-10-26(42(47-40)52-2)22-48-18-17-28(50)24-48)6-4-7-30(25)43-46-37-20-35-33(36(21-45)41(37)55-43)11-13-38(35)49-19-16-27(23-49)44(51)53-3/h4-10,15,20,27-28,38-39,50H,11-14,16-19,22-24H2,1-3H3/t27-,28-,38?,39+/m1/s1. The predicted molar refractivity (Wildman–Crippen MR) is 205 cm³/mol. The first kappa shape index (κ1) is 35.4. The Kier molecular flexibility index (Phi) is 9.29. The molecule has 11 heteroatoms. The molecule has 4 atom stereocenters. The van der Waals surface area contributed by atoms with E-state index in [2.05, 4.69) is 53.1 Å². The van der Waals surface area contributed by atoms with Gasteiger partial charge in [-0.3, -0.25) is 14.6 Å². The van der Waals surface area contributed by atoms with E-state index in [1.807, 2.05) is 24.3 Å². The third kappa shape index (κ3) is 6.32. The first-order valence-corrected chi connectivity index (χ1v) is 19.3. The molecule has 2 aliphatic carbocycles. The van der Waals surface area contributed by atoms with Crippen LogP contribution in [-0.4, -0.2) is 77.3 Å². The maximum atomic E-state index is 12.3. The molecule has 1 N–H and O–H groups in total. The zero-order valence-corrected chi connectivity index (χ0v) is 31.5. The van der Waals surface area contributed by atoms with Gasteiger partial charge in [0.05, 0.1) is 26.2 Å². The Morgan fingerprint density at radius 3 is 2.56 bits per heavy atom. The number of fused-ring (bicyclic) bond motifs is 3. The van der Waals surface area contributed by atoms with Crippen molar-refractivity contribution >= 4 is 17.1 Å². The molecular weight excluding hydrogens is 695 g/mol. The predicted octanol–water partition coefficient (Wildman–Crippen LogP) is 6.86. The maximum Gasteiger partial charge on any atom is 0.310 e. The number of oxazole rings is 1. The van der Waals surface area contributed by atoms with Crippen LogP contribution in [0.25, 0.3) is 33.7 Å². The molecule has 1 unspecified atom stereocenters.